The molecule has 1 aliphatic carbocycles. The molecule has 5 rings (SSSR count). The lowest BCUT2D eigenvalue weighted by Crippen LogP contribution is -2.45. The van der Waals surface area contributed by atoms with Gasteiger partial charge in [0.15, 0.2) is 0 Å². The number of piperidine rings is 1. The Labute approximate surface area is 169 Å². The highest BCUT2D eigenvalue weighted by atomic mass is 16.5. The number of hydrogen-bond donors (Lipinski definition) is 2. The Morgan fingerprint density at radius 1 is 1.21 bits per heavy atom. The van der Waals surface area contributed by atoms with E-state index in [1.54, 1.807) is 0 Å². The number of ether oxygens (including phenoxy) is 1. The minimum atomic E-state index is -0.312. The number of aromatic nitrogens is 2. The van der Waals surface area contributed by atoms with E-state index in [9.17, 15) is 9.59 Å². The standard InChI is InChI=1S/C22H26N4O3/c1-29-20(28)14-6-7-16-18(12-14)23-13-22(16)8-10-26(11-9-22)21-24-17-5-3-2-4-15(17)19(27)25-21/h6-7,12,23H,2-5,8-11,13H2,1H3,(H,24,25,27). The van der Waals surface area contributed by atoms with Gasteiger partial charge in [0, 0.05) is 36.3 Å². The van der Waals surface area contributed by atoms with Gasteiger partial charge in [-0.3, -0.25) is 9.78 Å². The van der Waals surface area contributed by atoms with Gasteiger partial charge in [0.25, 0.3) is 5.56 Å². The molecule has 0 atom stereocenters. The van der Waals surface area contributed by atoms with Crippen molar-refractivity contribution >= 4 is 17.6 Å². The summed E-state index contributed by atoms with van der Waals surface area (Å²) in [7, 11) is 1.40. The van der Waals surface area contributed by atoms with Gasteiger partial charge in [0.1, 0.15) is 0 Å². The van der Waals surface area contributed by atoms with Crippen molar-refractivity contribution in [2.24, 2.45) is 0 Å². The van der Waals surface area contributed by atoms with E-state index in [4.69, 9.17) is 9.72 Å². The van der Waals surface area contributed by atoms with E-state index in [1.807, 2.05) is 12.1 Å². The summed E-state index contributed by atoms with van der Waals surface area (Å²) in [6.45, 7) is 2.57. The predicted octanol–water partition coefficient (Wildman–Crippen LogP) is 2.40. The lowest BCUT2D eigenvalue weighted by molar-refractivity contribution is 0.0600. The molecule has 0 bridgehead atoms. The van der Waals surface area contributed by atoms with Crippen molar-refractivity contribution in [3.63, 3.8) is 0 Å². The fraction of sp³-hybridized carbons (Fsp3) is 0.500. The predicted molar refractivity (Wildman–Crippen MR) is 111 cm³/mol. The number of carbonyl (C=O) groups excluding carboxylic acids is 1. The van der Waals surface area contributed by atoms with Crippen LogP contribution in [0.25, 0.3) is 0 Å². The number of hydrogen-bond acceptors (Lipinski definition) is 6. The highest BCUT2D eigenvalue weighted by molar-refractivity contribution is 5.91. The molecule has 0 radical (unpaired) electrons. The van der Waals surface area contributed by atoms with Crippen molar-refractivity contribution in [1.29, 1.82) is 0 Å². The Morgan fingerprint density at radius 2 is 2.00 bits per heavy atom. The van der Waals surface area contributed by atoms with Crippen molar-refractivity contribution in [3.05, 3.63) is 50.9 Å². The number of aromatic amines is 1. The molecule has 2 aliphatic heterocycles. The maximum atomic E-state index is 12.5. The zero-order valence-electron chi connectivity index (χ0n) is 16.7. The van der Waals surface area contributed by atoms with E-state index in [-0.39, 0.29) is 16.9 Å². The van der Waals surface area contributed by atoms with Crippen molar-refractivity contribution in [3.8, 4) is 0 Å². The molecule has 1 aromatic heterocycles. The smallest absolute Gasteiger partial charge is 0.337 e. The van der Waals surface area contributed by atoms with Crippen LogP contribution < -0.4 is 15.8 Å². The Bertz CT molecular complexity index is 1020. The summed E-state index contributed by atoms with van der Waals surface area (Å²) in [5.74, 6) is 0.408. The molecule has 0 unspecified atom stereocenters. The van der Waals surface area contributed by atoms with E-state index in [0.29, 0.717) is 5.56 Å². The van der Waals surface area contributed by atoms with Gasteiger partial charge in [-0.1, -0.05) is 6.07 Å². The third-order valence-corrected chi connectivity index (χ3v) is 6.83. The van der Waals surface area contributed by atoms with Crippen LogP contribution in [0.2, 0.25) is 0 Å². The van der Waals surface area contributed by atoms with E-state index in [2.05, 4.69) is 21.3 Å². The van der Waals surface area contributed by atoms with E-state index in [1.165, 1.54) is 12.7 Å². The minimum Gasteiger partial charge on any atom is -0.465 e. The molecule has 3 aliphatic rings. The van der Waals surface area contributed by atoms with Gasteiger partial charge in [0.2, 0.25) is 5.95 Å². The maximum Gasteiger partial charge on any atom is 0.337 e. The molecule has 1 fully saturated rings. The third kappa shape index (κ3) is 2.99. The van der Waals surface area contributed by atoms with Crippen LogP contribution in [0.15, 0.2) is 23.0 Å². The molecule has 152 valence electrons. The molecule has 0 amide bonds. The molecule has 7 heteroatoms. The van der Waals surface area contributed by atoms with Gasteiger partial charge in [0.05, 0.1) is 18.4 Å². The number of benzene rings is 1. The summed E-state index contributed by atoms with van der Waals surface area (Å²) in [5, 5.41) is 3.48. The summed E-state index contributed by atoms with van der Waals surface area (Å²) in [6, 6.07) is 5.81. The zero-order valence-corrected chi connectivity index (χ0v) is 16.7. The second kappa shape index (κ2) is 6.90. The van der Waals surface area contributed by atoms with Gasteiger partial charge >= 0.3 is 5.97 Å². The van der Waals surface area contributed by atoms with Crippen LogP contribution in [-0.4, -0.2) is 42.7 Å². The number of carbonyl (C=O) groups is 1. The van der Waals surface area contributed by atoms with Crippen LogP contribution in [0.1, 0.15) is 52.9 Å². The lowest BCUT2D eigenvalue weighted by atomic mass is 9.74. The molecule has 1 aromatic carbocycles. The average molecular weight is 394 g/mol. The molecule has 7 nitrogen and oxygen atoms in total. The number of aryl methyl sites for hydroxylation is 1. The Hall–Kier alpha value is -2.83. The molecule has 29 heavy (non-hydrogen) atoms. The van der Waals surface area contributed by atoms with E-state index in [0.717, 1.165) is 81.1 Å². The second-order valence-electron chi connectivity index (χ2n) is 8.39. The first-order valence-corrected chi connectivity index (χ1v) is 10.4. The first-order valence-electron chi connectivity index (χ1n) is 10.4. The van der Waals surface area contributed by atoms with Crippen molar-refractivity contribution in [2.45, 2.75) is 43.9 Å². The summed E-state index contributed by atoms with van der Waals surface area (Å²) in [6.07, 6.45) is 5.90. The Balaban J connectivity index is 1.36. The van der Waals surface area contributed by atoms with Crippen molar-refractivity contribution in [2.75, 3.05) is 37.0 Å². The number of H-pyrrole nitrogens is 1. The number of fused-ring (bicyclic) bond motifs is 3. The Kier molecular flexibility index (Phi) is 4.33. The number of rotatable bonds is 2. The largest absolute Gasteiger partial charge is 0.465 e. The number of esters is 1. The number of methoxy groups -OCH3 is 1. The van der Waals surface area contributed by atoms with Gasteiger partial charge in [-0.05, 0) is 56.2 Å². The monoisotopic (exact) mass is 394 g/mol. The van der Waals surface area contributed by atoms with E-state index >= 15 is 0 Å². The third-order valence-electron chi connectivity index (χ3n) is 6.83. The quantitative estimate of drug-likeness (QED) is 0.761. The van der Waals surface area contributed by atoms with Gasteiger partial charge in [-0.25, -0.2) is 9.78 Å². The number of nitrogens with zero attached hydrogens (tertiary/aromatic N) is 2. The molecule has 2 aromatic rings. The highest BCUT2D eigenvalue weighted by Gasteiger charge is 2.42. The van der Waals surface area contributed by atoms with Crippen molar-refractivity contribution < 1.29 is 9.53 Å². The first-order chi connectivity index (χ1) is 14.1. The molecule has 1 saturated heterocycles. The Morgan fingerprint density at radius 3 is 2.79 bits per heavy atom. The number of anilines is 2. The fourth-order valence-corrected chi connectivity index (χ4v) is 5.09. The number of nitrogens with one attached hydrogen (secondary N) is 2. The lowest BCUT2D eigenvalue weighted by Gasteiger charge is -2.39. The van der Waals surface area contributed by atoms with Gasteiger partial charge in [-0.15, -0.1) is 0 Å². The normalized spacial score (nSPS) is 19.4. The first kappa shape index (κ1) is 18.2. The summed E-state index contributed by atoms with van der Waals surface area (Å²) >= 11 is 0. The summed E-state index contributed by atoms with van der Waals surface area (Å²) < 4.78 is 4.84. The van der Waals surface area contributed by atoms with Crippen LogP contribution in [0.4, 0.5) is 11.6 Å². The van der Waals surface area contributed by atoms with Crippen LogP contribution in [0.3, 0.4) is 0 Å². The fourth-order valence-electron chi connectivity index (χ4n) is 5.09. The zero-order chi connectivity index (χ0) is 20.0. The maximum absolute atomic E-state index is 12.5. The van der Waals surface area contributed by atoms with E-state index < -0.39 is 0 Å². The van der Waals surface area contributed by atoms with Crippen molar-refractivity contribution in [1.82, 2.24) is 9.97 Å². The molecule has 3 heterocycles. The minimum absolute atomic E-state index is 0.0354. The van der Waals surface area contributed by atoms with Gasteiger partial charge < -0.3 is 15.0 Å². The van der Waals surface area contributed by atoms with Crippen LogP contribution in [0.5, 0.6) is 0 Å². The van der Waals surface area contributed by atoms with Crippen LogP contribution in [-0.2, 0) is 23.0 Å². The summed E-state index contributed by atoms with van der Waals surface area (Å²) in [4.78, 5) is 34.3. The summed E-state index contributed by atoms with van der Waals surface area (Å²) in [5.41, 5.74) is 4.84. The van der Waals surface area contributed by atoms with Crippen LogP contribution in [0, 0.1) is 0 Å². The average Bonchev–Trinajstić information content (AvgIpc) is 3.11. The van der Waals surface area contributed by atoms with Gasteiger partial charge in [-0.2, -0.15) is 0 Å². The highest BCUT2D eigenvalue weighted by Crippen LogP contribution is 2.44. The van der Waals surface area contributed by atoms with Crippen LogP contribution >= 0.6 is 0 Å². The topological polar surface area (TPSA) is 87.3 Å². The molecule has 0 saturated carbocycles. The molecular formula is C22H26N4O3. The SMILES string of the molecule is COC(=O)c1ccc2c(c1)NCC21CCN(c2nc3c(c(=O)[nH]2)CCCC3)CC1. The molecular weight excluding hydrogens is 368 g/mol. The molecule has 1 spiro atoms. The second-order valence-corrected chi connectivity index (χ2v) is 8.39. The molecule has 2 N–H and O–H groups in total.